The minimum Gasteiger partial charge on any atom is -0.472 e. The molecule has 0 spiro atoms. The van der Waals surface area contributed by atoms with Crippen LogP contribution in [0.4, 0.5) is 18.0 Å². The molecule has 6 rings (SSSR count). The molecule has 1 amide bonds. The van der Waals surface area contributed by atoms with E-state index in [2.05, 4.69) is 15.0 Å². The van der Waals surface area contributed by atoms with Gasteiger partial charge in [-0.15, -0.1) is 13.2 Å². The lowest BCUT2D eigenvalue weighted by molar-refractivity contribution is -0.274. The molecule has 282 valence electrons. The molecule has 5 aromatic rings. The maximum absolute atomic E-state index is 14.3. The average Bonchev–Trinajstić information content (AvgIpc) is 3.60. The fraction of sp³-hybridized carbons (Fsp3) is 0.317. The van der Waals surface area contributed by atoms with Crippen LogP contribution in [0.25, 0.3) is 0 Å². The zero-order valence-corrected chi connectivity index (χ0v) is 29.9. The second kappa shape index (κ2) is 16.9. The number of aromatic nitrogens is 3. The molecular weight excluding hydrogens is 701 g/mol. The first kappa shape index (κ1) is 37.9. The summed E-state index contributed by atoms with van der Waals surface area (Å²) in [4.78, 5) is 28.3. The van der Waals surface area contributed by atoms with E-state index in [4.69, 9.17) is 14.2 Å². The molecule has 54 heavy (non-hydrogen) atoms. The van der Waals surface area contributed by atoms with E-state index in [1.54, 1.807) is 12.1 Å². The summed E-state index contributed by atoms with van der Waals surface area (Å²) >= 11 is 0. The summed E-state index contributed by atoms with van der Waals surface area (Å²) in [6.07, 6.45) is -3.22. The van der Waals surface area contributed by atoms with Gasteiger partial charge in [0.2, 0.25) is 12.5 Å². The highest BCUT2D eigenvalue weighted by atomic mass is 19.4. The molecule has 0 aliphatic heterocycles. The number of rotatable bonds is 13. The van der Waals surface area contributed by atoms with E-state index in [0.717, 1.165) is 22.3 Å². The van der Waals surface area contributed by atoms with Crippen molar-refractivity contribution >= 4 is 12.1 Å². The van der Waals surface area contributed by atoms with Crippen LogP contribution in [0.3, 0.4) is 0 Å². The molecule has 1 heterocycles. The van der Waals surface area contributed by atoms with Crippen LogP contribution in [0, 0.1) is 0 Å². The van der Waals surface area contributed by atoms with Crippen molar-refractivity contribution < 1.29 is 41.7 Å². The lowest BCUT2D eigenvalue weighted by Gasteiger charge is -2.36. The fourth-order valence-electron chi connectivity index (χ4n) is 7.05. The van der Waals surface area contributed by atoms with E-state index < -0.39 is 30.8 Å². The van der Waals surface area contributed by atoms with E-state index in [1.165, 1.54) is 21.7 Å². The molecule has 13 heteroatoms. The van der Waals surface area contributed by atoms with Crippen LogP contribution < -0.4 is 9.47 Å². The van der Waals surface area contributed by atoms with Crippen molar-refractivity contribution in [3.05, 3.63) is 143 Å². The van der Waals surface area contributed by atoms with Gasteiger partial charge in [-0.3, -0.25) is 0 Å². The van der Waals surface area contributed by atoms with Gasteiger partial charge in [-0.1, -0.05) is 113 Å². The van der Waals surface area contributed by atoms with Gasteiger partial charge < -0.3 is 23.8 Å². The maximum atomic E-state index is 14.3. The number of benzene rings is 4. The summed E-state index contributed by atoms with van der Waals surface area (Å²) in [6, 6.07) is 34.8. The molecule has 10 nitrogen and oxygen atoms in total. The highest BCUT2D eigenvalue weighted by Crippen LogP contribution is 2.43. The van der Waals surface area contributed by atoms with Crippen molar-refractivity contribution in [1.82, 2.24) is 19.9 Å². The monoisotopic (exact) mass is 742 g/mol. The van der Waals surface area contributed by atoms with E-state index >= 15 is 0 Å². The number of esters is 1. The molecule has 1 aliphatic rings. The average molecular weight is 743 g/mol. The molecule has 0 unspecified atom stereocenters. The van der Waals surface area contributed by atoms with Crippen LogP contribution in [-0.2, 0) is 15.0 Å². The molecule has 1 fully saturated rings. The Balaban J connectivity index is 1.35. The van der Waals surface area contributed by atoms with E-state index in [1.807, 2.05) is 105 Å². The molecule has 1 saturated carbocycles. The highest BCUT2D eigenvalue weighted by Gasteiger charge is 2.44. The molecule has 0 atom stereocenters. The van der Waals surface area contributed by atoms with Gasteiger partial charge in [-0.05, 0) is 79.8 Å². The van der Waals surface area contributed by atoms with Gasteiger partial charge in [0.1, 0.15) is 17.4 Å². The Morgan fingerprint density at radius 1 is 0.741 bits per heavy atom. The Hall–Kier alpha value is -5.85. The number of hydrogen-bond acceptors (Lipinski definition) is 8. The van der Waals surface area contributed by atoms with Gasteiger partial charge in [0, 0.05) is 13.1 Å². The van der Waals surface area contributed by atoms with Crippen LogP contribution in [-0.4, -0.2) is 64.3 Å². The summed E-state index contributed by atoms with van der Waals surface area (Å²) in [7, 11) is 0. The molecule has 0 bridgehead atoms. The predicted octanol–water partition coefficient (Wildman–Crippen LogP) is 8.71. The summed E-state index contributed by atoms with van der Waals surface area (Å²) < 4.78 is 61.0. The third-order valence-corrected chi connectivity index (χ3v) is 9.66. The summed E-state index contributed by atoms with van der Waals surface area (Å²) in [5, 5.41) is 9.09. The molecule has 1 aromatic heterocycles. The van der Waals surface area contributed by atoms with Crippen LogP contribution in [0.5, 0.6) is 11.6 Å². The van der Waals surface area contributed by atoms with Crippen molar-refractivity contribution in [2.45, 2.75) is 63.5 Å². The Bertz CT molecular complexity index is 1870. The van der Waals surface area contributed by atoms with Crippen LogP contribution >= 0.6 is 0 Å². The van der Waals surface area contributed by atoms with Crippen LogP contribution in [0.15, 0.2) is 115 Å². The smallest absolute Gasteiger partial charge is 0.472 e. The first-order valence-corrected chi connectivity index (χ1v) is 17.9. The summed E-state index contributed by atoms with van der Waals surface area (Å²) in [5.74, 6) is -1.08. The molecule has 4 aromatic carbocycles. The third kappa shape index (κ3) is 8.35. The minimum atomic E-state index is -4.76. The molecular formula is C41H41F3N4O6. The van der Waals surface area contributed by atoms with Crippen molar-refractivity contribution in [1.29, 1.82) is 0 Å². The lowest BCUT2D eigenvalue weighted by atomic mass is 9.77. The SMILES string of the molecule is CCN(CC)C(=O)OCOC(=O)c1c(OC2CCC(c3ccc(OC(F)(F)F)cc3)CC2)nnn1C(c1ccccc1)(c1ccccc1)c1ccccc1. The Morgan fingerprint density at radius 2 is 1.26 bits per heavy atom. The largest absolute Gasteiger partial charge is 0.573 e. The Labute approximate surface area is 311 Å². The number of nitrogens with zero attached hydrogens (tertiary/aromatic N) is 4. The number of carbonyl (C=O) groups excluding carboxylic acids is 2. The second-order valence-electron chi connectivity index (χ2n) is 12.8. The van der Waals surface area contributed by atoms with E-state index in [-0.39, 0.29) is 29.3 Å². The van der Waals surface area contributed by atoms with Gasteiger partial charge in [-0.25, -0.2) is 14.3 Å². The maximum Gasteiger partial charge on any atom is 0.573 e. The van der Waals surface area contributed by atoms with Crippen molar-refractivity contribution in [3.8, 4) is 11.6 Å². The normalized spacial score (nSPS) is 15.9. The molecule has 0 N–H and O–H groups in total. The first-order valence-electron chi connectivity index (χ1n) is 17.9. The van der Waals surface area contributed by atoms with Crippen molar-refractivity contribution in [2.24, 2.45) is 0 Å². The van der Waals surface area contributed by atoms with E-state index in [9.17, 15) is 22.8 Å². The zero-order chi connectivity index (χ0) is 38.1. The van der Waals surface area contributed by atoms with Gasteiger partial charge in [0.05, 0.1) is 0 Å². The topological polar surface area (TPSA) is 105 Å². The van der Waals surface area contributed by atoms with Crippen molar-refractivity contribution in [3.63, 3.8) is 0 Å². The third-order valence-electron chi connectivity index (χ3n) is 9.66. The number of amides is 1. The number of hydrogen-bond donors (Lipinski definition) is 0. The highest BCUT2D eigenvalue weighted by molar-refractivity contribution is 5.90. The molecule has 0 radical (unpaired) electrons. The van der Waals surface area contributed by atoms with Crippen LogP contribution in [0.1, 0.15) is 78.2 Å². The number of ether oxygens (including phenoxy) is 4. The summed E-state index contributed by atoms with van der Waals surface area (Å²) in [6.45, 7) is 3.83. The summed E-state index contributed by atoms with van der Waals surface area (Å²) in [5.41, 5.74) is 1.95. The first-order chi connectivity index (χ1) is 26.1. The quantitative estimate of drug-likeness (QED) is 0.0671. The zero-order valence-electron chi connectivity index (χ0n) is 29.9. The van der Waals surface area contributed by atoms with Crippen LogP contribution in [0.2, 0.25) is 0 Å². The minimum absolute atomic E-state index is 0.0423. The van der Waals surface area contributed by atoms with Gasteiger partial charge >= 0.3 is 18.4 Å². The van der Waals surface area contributed by atoms with Crippen molar-refractivity contribution in [2.75, 3.05) is 19.9 Å². The Kier molecular flexibility index (Phi) is 11.8. The molecule has 1 aliphatic carbocycles. The second-order valence-corrected chi connectivity index (χ2v) is 12.8. The standard InChI is InChI=1S/C41H41F3N4O6/c1-3-47(4-2)39(50)52-28-51-38(49)36-37(53-34-24-20-29(21-25-34)30-22-26-35(27-23-30)54-41(42,43)44)45-46-48(36)40(31-14-8-5-9-15-31,32-16-10-6-11-17-32)33-18-12-7-13-19-33/h5-19,22-23,26-27,29,34H,3-4,20-21,24-25,28H2,1-2H3. The number of alkyl halides is 3. The Morgan fingerprint density at radius 3 is 1.74 bits per heavy atom. The van der Waals surface area contributed by atoms with Gasteiger partial charge in [0.25, 0.3) is 5.88 Å². The lowest BCUT2D eigenvalue weighted by Crippen LogP contribution is -2.41. The predicted molar refractivity (Wildman–Crippen MR) is 193 cm³/mol. The number of carbonyl (C=O) groups is 2. The van der Waals surface area contributed by atoms with Gasteiger partial charge in [-0.2, -0.15) is 0 Å². The number of halogens is 3. The fourth-order valence-corrected chi connectivity index (χ4v) is 7.05. The van der Waals surface area contributed by atoms with E-state index in [0.29, 0.717) is 38.8 Å². The molecule has 0 saturated heterocycles. The van der Waals surface area contributed by atoms with Gasteiger partial charge in [0.15, 0.2) is 0 Å².